The van der Waals surface area contributed by atoms with Crippen molar-refractivity contribution in [2.75, 3.05) is 20.1 Å². The van der Waals surface area contributed by atoms with Gasteiger partial charge in [-0.15, -0.1) is 0 Å². The number of hydrogen-bond acceptors (Lipinski definition) is 2. The van der Waals surface area contributed by atoms with Crippen molar-refractivity contribution in [2.45, 2.75) is 18.9 Å². The van der Waals surface area contributed by atoms with E-state index >= 15 is 0 Å². The molecule has 2 rings (SSSR count). The van der Waals surface area contributed by atoms with Gasteiger partial charge in [-0.2, -0.15) is 0 Å². The molecule has 2 nitrogen and oxygen atoms in total. The first-order valence-electron chi connectivity index (χ1n) is 3.67. The molecule has 1 saturated heterocycles. The van der Waals surface area contributed by atoms with Gasteiger partial charge in [-0.25, -0.2) is 0 Å². The number of hydrogen-bond donors (Lipinski definition) is 1. The third-order valence-electron chi connectivity index (χ3n) is 2.91. The predicted octanol–water partition coefficient (Wildman–Crippen LogP) is 0.0393. The van der Waals surface area contributed by atoms with Crippen LogP contribution < -0.4 is 5.73 Å². The van der Waals surface area contributed by atoms with Crippen LogP contribution in [0.2, 0.25) is 0 Å². The van der Waals surface area contributed by atoms with Crippen LogP contribution in [0.25, 0.3) is 0 Å². The van der Waals surface area contributed by atoms with Crippen molar-refractivity contribution in [3.05, 3.63) is 0 Å². The lowest BCUT2D eigenvalue weighted by atomic mass is 9.60. The largest absolute Gasteiger partial charge is 0.327 e. The zero-order valence-electron chi connectivity index (χ0n) is 5.93. The van der Waals surface area contributed by atoms with E-state index in [1.807, 2.05) is 0 Å². The molecule has 0 aromatic heterocycles. The lowest BCUT2D eigenvalue weighted by Gasteiger charge is -2.58. The summed E-state index contributed by atoms with van der Waals surface area (Å²) in [6.07, 6.45) is 2.63. The lowest BCUT2D eigenvalue weighted by molar-refractivity contribution is -0.0633. The van der Waals surface area contributed by atoms with Crippen LogP contribution in [0.1, 0.15) is 12.8 Å². The van der Waals surface area contributed by atoms with E-state index in [0.717, 1.165) is 0 Å². The Morgan fingerprint density at radius 2 is 2.22 bits per heavy atom. The zero-order chi connectivity index (χ0) is 6.48. The van der Waals surface area contributed by atoms with Crippen LogP contribution in [0.5, 0.6) is 0 Å². The first kappa shape index (κ1) is 5.69. The quantitative estimate of drug-likeness (QED) is 0.496. The summed E-state index contributed by atoms with van der Waals surface area (Å²) >= 11 is 0. The van der Waals surface area contributed by atoms with E-state index < -0.39 is 0 Å². The summed E-state index contributed by atoms with van der Waals surface area (Å²) in [7, 11) is 2.16. The van der Waals surface area contributed by atoms with E-state index in [-0.39, 0.29) is 0 Å². The Labute approximate surface area is 56.0 Å². The van der Waals surface area contributed by atoms with Crippen LogP contribution >= 0.6 is 0 Å². The number of rotatable bonds is 0. The van der Waals surface area contributed by atoms with E-state index in [2.05, 4.69) is 11.9 Å². The van der Waals surface area contributed by atoms with E-state index in [1.165, 1.54) is 25.9 Å². The molecule has 1 aliphatic heterocycles. The molecule has 1 spiro atoms. The third-order valence-corrected chi connectivity index (χ3v) is 2.91. The summed E-state index contributed by atoms with van der Waals surface area (Å²) in [5.41, 5.74) is 6.43. The Hall–Kier alpha value is -0.0800. The van der Waals surface area contributed by atoms with Gasteiger partial charge in [-0.05, 0) is 19.9 Å². The minimum atomic E-state index is 0.522. The van der Waals surface area contributed by atoms with E-state index in [4.69, 9.17) is 5.73 Å². The van der Waals surface area contributed by atoms with Gasteiger partial charge in [0.25, 0.3) is 0 Å². The van der Waals surface area contributed by atoms with Crippen molar-refractivity contribution in [1.29, 1.82) is 0 Å². The molecule has 0 aromatic rings. The summed E-state index contributed by atoms with van der Waals surface area (Å²) in [4.78, 5) is 2.35. The summed E-state index contributed by atoms with van der Waals surface area (Å²) in [6, 6.07) is 0.522. The second kappa shape index (κ2) is 1.50. The number of nitrogens with two attached hydrogens (primary N) is 1. The van der Waals surface area contributed by atoms with Crippen molar-refractivity contribution in [2.24, 2.45) is 11.1 Å². The second-order valence-corrected chi connectivity index (χ2v) is 3.68. The predicted molar refractivity (Wildman–Crippen MR) is 37.1 cm³/mol. The SMILES string of the molecule is CN1CC2(CC[C@@H]2N)C1. The third kappa shape index (κ3) is 0.578. The highest BCUT2D eigenvalue weighted by Gasteiger charge is 2.51. The van der Waals surface area contributed by atoms with Crippen LogP contribution in [0.4, 0.5) is 0 Å². The van der Waals surface area contributed by atoms with Crippen LogP contribution in [0, 0.1) is 5.41 Å². The van der Waals surface area contributed by atoms with Crippen molar-refractivity contribution in [3.8, 4) is 0 Å². The van der Waals surface area contributed by atoms with Crippen molar-refractivity contribution in [1.82, 2.24) is 4.90 Å². The highest BCUT2D eigenvalue weighted by atomic mass is 15.2. The molecule has 1 aliphatic carbocycles. The summed E-state index contributed by atoms with van der Waals surface area (Å²) in [5, 5.41) is 0. The minimum absolute atomic E-state index is 0.522. The molecule has 2 N–H and O–H groups in total. The molecular weight excluding hydrogens is 112 g/mol. The summed E-state index contributed by atoms with van der Waals surface area (Å²) in [6.45, 7) is 2.49. The maximum atomic E-state index is 5.85. The Balaban J connectivity index is 1.97. The zero-order valence-corrected chi connectivity index (χ0v) is 5.93. The topological polar surface area (TPSA) is 29.3 Å². The van der Waals surface area contributed by atoms with Crippen molar-refractivity contribution in [3.63, 3.8) is 0 Å². The van der Waals surface area contributed by atoms with Crippen LogP contribution in [0.3, 0.4) is 0 Å². The normalized spacial score (nSPS) is 40.0. The van der Waals surface area contributed by atoms with Gasteiger partial charge in [0.2, 0.25) is 0 Å². The summed E-state index contributed by atoms with van der Waals surface area (Å²) < 4.78 is 0. The van der Waals surface area contributed by atoms with Gasteiger partial charge >= 0.3 is 0 Å². The standard InChI is InChI=1S/C7H14N2/c1-9-4-7(5-9)3-2-6(7)8/h6H,2-5,8H2,1H3/t6-/m0/s1. The van der Waals surface area contributed by atoms with Gasteiger partial charge in [0.15, 0.2) is 0 Å². The Bertz CT molecular complexity index is 127. The molecule has 2 fully saturated rings. The van der Waals surface area contributed by atoms with Gasteiger partial charge in [0.1, 0.15) is 0 Å². The minimum Gasteiger partial charge on any atom is -0.327 e. The fourth-order valence-corrected chi connectivity index (χ4v) is 2.14. The maximum absolute atomic E-state index is 5.85. The molecule has 2 aliphatic rings. The molecule has 1 heterocycles. The van der Waals surface area contributed by atoms with Crippen molar-refractivity contribution >= 4 is 0 Å². The molecule has 0 radical (unpaired) electrons. The van der Waals surface area contributed by atoms with Gasteiger partial charge in [-0.3, -0.25) is 0 Å². The molecule has 0 bridgehead atoms. The number of likely N-dealkylation sites (tertiary alicyclic amines) is 1. The average molecular weight is 126 g/mol. The van der Waals surface area contributed by atoms with E-state index in [9.17, 15) is 0 Å². The molecule has 2 heteroatoms. The van der Waals surface area contributed by atoms with Gasteiger partial charge in [-0.1, -0.05) is 0 Å². The van der Waals surface area contributed by atoms with Gasteiger partial charge in [0, 0.05) is 24.5 Å². The molecule has 0 amide bonds. The van der Waals surface area contributed by atoms with E-state index in [1.54, 1.807) is 0 Å². The lowest BCUT2D eigenvalue weighted by Crippen LogP contribution is -2.68. The fourth-order valence-electron chi connectivity index (χ4n) is 2.14. The van der Waals surface area contributed by atoms with Crippen molar-refractivity contribution < 1.29 is 0 Å². The molecule has 1 atom stereocenters. The fraction of sp³-hybridized carbons (Fsp3) is 1.00. The highest BCUT2D eigenvalue weighted by Crippen LogP contribution is 2.46. The van der Waals surface area contributed by atoms with Crippen LogP contribution in [-0.2, 0) is 0 Å². The Kier molecular flexibility index (Phi) is 0.945. The van der Waals surface area contributed by atoms with Crippen LogP contribution in [0.15, 0.2) is 0 Å². The maximum Gasteiger partial charge on any atom is 0.0120 e. The van der Waals surface area contributed by atoms with E-state index in [0.29, 0.717) is 11.5 Å². The molecule has 0 unspecified atom stereocenters. The molecule has 0 aromatic carbocycles. The first-order valence-corrected chi connectivity index (χ1v) is 3.67. The molecule has 52 valence electrons. The second-order valence-electron chi connectivity index (χ2n) is 3.68. The monoisotopic (exact) mass is 126 g/mol. The highest BCUT2D eigenvalue weighted by molar-refractivity contribution is 5.07. The first-order chi connectivity index (χ1) is 4.23. The number of nitrogens with zero attached hydrogens (tertiary/aromatic N) is 1. The molecule has 1 saturated carbocycles. The molecule has 9 heavy (non-hydrogen) atoms. The average Bonchev–Trinajstić information content (AvgIpc) is 1.77. The smallest absolute Gasteiger partial charge is 0.0120 e. The van der Waals surface area contributed by atoms with Gasteiger partial charge < -0.3 is 10.6 Å². The summed E-state index contributed by atoms with van der Waals surface area (Å²) in [5.74, 6) is 0. The Morgan fingerprint density at radius 1 is 1.56 bits per heavy atom. The van der Waals surface area contributed by atoms with Gasteiger partial charge in [0.05, 0.1) is 0 Å². The van der Waals surface area contributed by atoms with Crippen LogP contribution in [-0.4, -0.2) is 31.1 Å². The Morgan fingerprint density at radius 3 is 2.33 bits per heavy atom. The molecular formula is C7H14N2.